The molecule has 1 aliphatic heterocycles. The van der Waals surface area contributed by atoms with Gasteiger partial charge in [0.1, 0.15) is 0 Å². The van der Waals surface area contributed by atoms with Gasteiger partial charge in [-0.15, -0.1) is 0 Å². The van der Waals surface area contributed by atoms with E-state index in [1.807, 2.05) is 103 Å². The van der Waals surface area contributed by atoms with Crippen molar-refractivity contribution in [3.8, 4) is 11.5 Å². The first-order valence-corrected chi connectivity index (χ1v) is 9.17. The van der Waals surface area contributed by atoms with E-state index in [4.69, 9.17) is 4.74 Å². The first-order valence-electron chi connectivity index (χ1n) is 9.17. The third kappa shape index (κ3) is 2.74. The highest BCUT2D eigenvalue weighted by Crippen LogP contribution is 2.49. The molecule has 0 bridgehead atoms. The predicted octanol–water partition coefficient (Wildman–Crippen LogP) is 6.49. The Morgan fingerprint density at radius 2 is 1.07 bits per heavy atom. The molecule has 28 heavy (non-hydrogen) atoms. The van der Waals surface area contributed by atoms with Crippen LogP contribution in [-0.2, 0) is 0 Å². The summed E-state index contributed by atoms with van der Waals surface area (Å²) in [5, 5.41) is 0. The summed E-state index contributed by atoms with van der Waals surface area (Å²) in [6, 6.07) is 33.0. The van der Waals surface area contributed by atoms with Crippen molar-refractivity contribution in [2.24, 2.45) is 0 Å². The molecule has 134 valence electrons. The number of rotatable bonds is 3. The molecular weight excluding hydrogens is 346 g/mol. The van der Waals surface area contributed by atoms with E-state index in [2.05, 4.69) is 4.90 Å². The summed E-state index contributed by atoms with van der Waals surface area (Å²) in [4.78, 5) is 14.9. The van der Waals surface area contributed by atoms with E-state index in [1.165, 1.54) is 0 Å². The molecule has 1 heterocycles. The Hall–Kier alpha value is -3.85. The number of benzene rings is 4. The van der Waals surface area contributed by atoms with Crippen LogP contribution in [0.25, 0.3) is 0 Å². The van der Waals surface area contributed by atoms with Gasteiger partial charge in [-0.05, 0) is 48.5 Å². The van der Waals surface area contributed by atoms with Crippen molar-refractivity contribution in [2.75, 3.05) is 4.90 Å². The first-order chi connectivity index (χ1) is 13.8. The van der Waals surface area contributed by atoms with Gasteiger partial charge in [0.05, 0.1) is 11.4 Å². The van der Waals surface area contributed by atoms with Gasteiger partial charge in [0.25, 0.3) is 0 Å². The SMILES string of the molecule is O=C(c1ccccc1)c1ccc(N2c3ccccc3Oc3ccccc32)cc1. The van der Waals surface area contributed by atoms with Crippen molar-refractivity contribution < 1.29 is 9.53 Å². The highest BCUT2D eigenvalue weighted by atomic mass is 16.5. The van der Waals surface area contributed by atoms with Crippen molar-refractivity contribution in [1.82, 2.24) is 0 Å². The summed E-state index contributed by atoms with van der Waals surface area (Å²) in [5.74, 6) is 1.64. The largest absolute Gasteiger partial charge is 0.453 e. The minimum Gasteiger partial charge on any atom is -0.453 e. The van der Waals surface area contributed by atoms with Gasteiger partial charge in [-0.25, -0.2) is 0 Å². The van der Waals surface area contributed by atoms with Crippen LogP contribution < -0.4 is 9.64 Å². The molecule has 0 unspecified atom stereocenters. The van der Waals surface area contributed by atoms with Gasteiger partial charge >= 0.3 is 0 Å². The van der Waals surface area contributed by atoms with Crippen LogP contribution >= 0.6 is 0 Å². The van der Waals surface area contributed by atoms with Crippen LogP contribution in [0.1, 0.15) is 15.9 Å². The smallest absolute Gasteiger partial charge is 0.193 e. The third-order valence-electron chi connectivity index (χ3n) is 4.86. The average molecular weight is 363 g/mol. The molecule has 0 aliphatic carbocycles. The minimum absolute atomic E-state index is 0.0231. The van der Waals surface area contributed by atoms with E-state index in [0.717, 1.165) is 28.6 Å². The Labute approximate surface area is 163 Å². The number of para-hydroxylation sites is 4. The van der Waals surface area contributed by atoms with Gasteiger partial charge in [0.2, 0.25) is 0 Å². The average Bonchev–Trinajstić information content (AvgIpc) is 2.77. The molecule has 0 atom stereocenters. The molecule has 5 rings (SSSR count). The van der Waals surface area contributed by atoms with Gasteiger partial charge in [0.15, 0.2) is 17.3 Å². The number of carbonyl (C=O) groups excluding carboxylic acids is 1. The number of fused-ring (bicyclic) bond motifs is 2. The van der Waals surface area contributed by atoms with Crippen molar-refractivity contribution in [3.05, 3.63) is 114 Å². The van der Waals surface area contributed by atoms with Crippen molar-refractivity contribution in [1.29, 1.82) is 0 Å². The van der Waals surface area contributed by atoms with Crippen molar-refractivity contribution >= 4 is 22.8 Å². The Kier molecular flexibility index (Phi) is 3.91. The van der Waals surface area contributed by atoms with Gasteiger partial charge in [-0.1, -0.05) is 54.6 Å². The molecule has 0 fully saturated rings. The van der Waals surface area contributed by atoms with Crippen LogP contribution in [0, 0.1) is 0 Å². The fraction of sp³-hybridized carbons (Fsp3) is 0. The fourth-order valence-electron chi connectivity index (χ4n) is 3.50. The van der Waals surface area contributed by atoms with Crippen LogP contribution in [0.2, 0.25) is 0 Å². The van der Waals surface area contributed by atoms with Crippen LogP contribution in [0.3, 0.4) is 0 Å². The lowest BCUT2D eigenvalue weighted by atomic mass is 10.0. The zero-order valence-electron chi connectivity index (χ0n) is 15.1. The van der Waals surface area contributed by atoms with E-state index in [0.29, 0.717) is 11.1 Å². The predicted molar refractivity (Wildman–Crippen MR) is 111 cm³/mol. The molecule has 0 radical (unpaired) electrons. The molecule has 0 spiro atoms. The number of ether oxygens (including phenoxy) is 1. The molecular formula is C25H17NO2. The summed E-state index contributed by atoms with van der Waals surface area (Å²) in [7, 11) is 0. The summed E-state index contributed by atoms with van der Waals surface area (Å²) < 4.78 is 6.05. The van der Waals surface area contributed by atoms with Crippen LogP contribution in [-0.4, -0.2) is 5.78 Å². The summed E-state index contributed by atoms with van der Waals surface area (Å²) >= 11 is 0. The third-order valence-corrected chi connectivity index (χ3v) is 4.86. The topological polar surface area (TPSA) is 29.5 Å². The lowest BCUT2D eigenvalue weighted by molar-refractivity contribution is 0.103. The number of nitrogens with zero attached hydrogens (tertiary/aromatic N) is 1. The zero-order valence-corrected chi connectivity index (χ0v) is 15.1. The second kappa shape index (κ2) is 6.71. The quantitative estimate of drug-likeness (QED) is 0.343. The summed E-state index contributed by atoms with van der Waals surface area (Å²) in [6.07, 6.45) is 0. The Morgan fingerprint density at radius 1 is 0.571 bits per heavy atom. The summed E-state index contributed by atoms with van der Waals surface area (Å²) in [6.45, 7) is 0. The number of hydrogen-bond donors (Lipinski definition) is 0. The van der Waals surface area contributed by atoms with Gasteiger partial charge in [-0.2, -0.15) is 0 Å². The molecule has 3 nitrogen and oxygen atoms in total. The Morgan fingerprint density at radius 3 is 1.68 bits per heavy atom. The van der Waals surface area contributed by atoms with Gasteiger partial charge in [0, 0.05) is 16.8 Å². The molecule has 0 N–H and O–H groups in total. The number of hydrogen-bond acceptors (Lipinski definition) is 3. The normalized spacial score (nSPS) is 11.9. The van der Waals surface area contributed by atoms with E-state index in [-0.39, 0.29) is 5.78 Å². The van der Waals surface area contributed by atoms with E-state index in [1.54, 1.807) is 0 Å². The highest BCUT2D eigenvalue weighted by molar-refractivity contribution is 6.09. The zero-order chi connectivity index (χ0) is 18.9. The minimum atomic E-state index is 0.0231. The standard InChI is InChI=1S/C25H17NO2/c27-25(18-8-2-1-3-9-18)19-14-16-20(17-15-19)26-21-10-4-6-12-23(21)28-24-13-7-5-11-22(24)26/h1-17H. The number of carbonyl (C=O) groups is 1. The van der Waals surface area contributed by atoms with Crippen LogP contribution in [0.15, 0.2) is 103 Å². The fourth-order valence-corrected chi connectivity index (χ4v) is 3.50. The van der Waals surface area contributed by atoms with Crippen LogP contribution in [0.5, 0.6) is 11.5 Å². The lowest BCUT2D eigenvalue weighted by Crippen LogP contribution is -2.15. The van der Waals surface area contributed by atoms with E-state index >= 15 is 0 Å². The van der Waals surface area contributed by atoms with Gasteiger partial charge in [-0.3, -0.25) is 4.79 Å². The maximum atomic E-state index is 12.7. The number of anilines is 3. The second-order valence-electron chi connectivity index (χ2n) is 6.61. The molecule has 3 heteroatoms. The monoisotopic (exact) mass is 363 g/mol. The Balaban J connectivity index is 1.56. The summed E-state index contributed by atoms with van der Waals surface area (Å²) in [5.41, 5.74) is 4.29. The first kappa shape index (κ1) is 16.3. The molecule has 4 aromatic carbocycles. The molecule has 0 amide bonds. The molecule has 0 aromatic heterocycles. The number of ketones is 1. The van der Waals surface area contributed by atoms with E-state index < -0.39 is 0 Å². The maximum absolute atomic E-state index is 12.7. The van der Waals surface area contributed by atoms with E-state index in [9.17, 15) is 4.79 Å². The molecule has 0 saturated heterocycles. The Bertz CT molecular complexity index is 1110. The second-order valence-corrected chi connectivity index (χ2v) is 6.61. The molecule has 0 saturated carbocycles. The van der Waals surface area contributed by atoms with Gasteiger partial charge < -0.3 is 9.64 Å². The van der Waals surface area contributed by atoms with Crippen LogP contribution in [0.4, 0.5) is 17.1 Å². The van der Waals surface area contributed by atoms with Crippen molar-refractivity contribution in [2.45, 2.75) is 0 Å². The maximum Gasteiger partial charge on any atom is 0.193 e. The van der Waals surface area contributed by atoms with Crippen molar-refractivity contribution in [3.63, 3.8) is 0 Å². The highest BCUT2D eigenvalue weighted by Gasteiger charge is 2.25. The molecule has 4 aromatic rings. The molecule has 1 aliphatic rings. The lowest BCUT2D eigenvalue weighted by Gasteiger charge is -2.32.